The highest BCUT2D eigenvalue weighted by Gasteiger charge is 2.36. The number of rotatable bonds is 5. The smallest absolute Gasteiger partial charge is 0.228 e. The maximum absolute atomic E-state index is 12.7. The number of nitrogens with zero attached hydrogens (tertiary/aromatic N) is 2. The van der Waals surface area contributed by atoms with Crippen LogP contribution in [0.4, 0.5) is 5.69 Å². The predicted molar refractivity (Wildman–Crippen MR) is 101 cm³/mol. The second kappa shape index (κ2) is 7.79. The molecule has 3 rings (SSSR count). The molecule has 0 radical (unpaired) electrons. The third-order valence-electron chi connectivity index (χ3n) is 4.56. The molecule has 0 aliphatic carbocycles. The van der Waals surface area contributed by atoms with E-state index in [-0.39, 0.29) is 24.2 Å². The predicted octanol–water partition coefficient (Wildman–Crippen LogP) is 3.36. The fourth-order valence-corrected chi connectivity index (χ4v) is 3.44. The third-order valence-corrected chi connectivity index (χ3v) is 4.86. The summed E-state index contributed by atoms with van der Waals surface area (Å²) in [5.74, 6) is 0.108. The summed E-state index contributed by atoms with van der Waals surface area (Å²) in [7, 11) is 3.31. The summed E-state index contributed by atoms with van der Waals surface area (Å²) >= 11 is 6.16. The largest absolute Gasteiger partial charge is 0.495 e. The Morgan fingerprint density at radius 2 is 2.00 bits per heavy atom. The van der Waals surface area contributed by atoms with Gasteiger partial charge in [-0.15, -0.1) is 0 Å². The van der Waals surface area contributed by atoms with Crippen molar-refractivity contribution in [2.45, 2.75) is 13.0 Å². The highest BCUT2D eigenvalue weighted by atomic mass is 35.5. The zero-order valence-electron chi connectivity index (χ0n) is 14.8. The molecule has 0 aromatic heterocycles. The van der Waals surface area contributed by atoms with E-state index < -0.39 is 0 Å². The molecular weight excluding hydrogens is 352 g/mol. The van der Waals surface area contributed by atoms with Crippen LogP contribution >= 0.6 is 11.6 Å². The lowest BCUT2D eigenvalue weighted by Crippen LogP contribution is -2.34. The van der Waals surface area contributed by atoms with Crippen molar-refractivity contribution in [3.05, 3.63) is 59.1 Å². The molecule has 1 saturated heterocycles. The monoisotopic (exact) mass is 372 g/mol. The number of hydrogen-bond donors (Lipinski definition) is 0. The molecule has 0 N–H and O–H groups in total. The molecule has 1 unspecified atom stereocenters. The Balaban J connectivity index is 1.68. The minimum Gasteiger partial charge on any atom is -0.495 e. The molecule has 2 aromatic rings. The number of carbonyl (C=O) groups excluding carboxylic acids is 2. The van der Waals surface area contributed by atoms with Gasteiger partial charge in [0.25, 0.3) is 0 Å². The van der Waals surface area contributed by atoms with Crippen molar-refractivity contribution >= 4 is 29.1 Å². The Morgan fingerprint density at radius 3 is 2.65 bits per heavy atom. The van der Waals surface area contributed by atoms with E-state index in [9.17, 15) is 9.59 Å². The van der Waals surface area contributed by atoms with Crippen LogP contribution in [0.25, 0.3) is 0 Å². The molecule has 1 fully saturated rings. The Morgan fingerprint density at radius 1 is 1.27 bits per heavy atom. The molecule has 136 valence electrons. The Bertz CT molecular complexity index is 810. The van der Waals surface area contributed by atoms with Crippen molar-refractivity contribution in [3.63, 3.8) is 0 Å². The van der Waals surface area contributed by atoms with E-state index in [2.05, 4.69) is 0 Å². The molecule has 6 heteroatoms. The standard InChI is InChI=1S/C20H21ClN2O3/c1-22(12-14-6-4-3-5-7-14)20(25)15-10-19(24)23(13-15)16-8-9-18(26-2)17(21)11-16/h3-9,11,15H,10,12-13H2,1-2H3. The molecule has 2 amide bonds. The highest BCUT2D eigenvalue weighted by molar-refractivity contribution is 6.32. The van der Waals surface area contributed by atoms with Crippen molar-refractivity contribution in [2.75, 3.05) is 25.6 Å². The summed E-state index contributed by atoms with van der Waals surface area (Å²) in [5.41, 5.74) is 1.74. The van der Waals surface area contributed by atoms with Crippen LogP contribution in [0, 0.1) is 5.92 Å². The van der Waals surface area contributed by atoms with E-state index in [1.807, 2.05) is 30.3 Å². The van der Waals surface area contributed by atoms with Gasteiger partial charge in [-0.2, -0.15) is 0 Å². The van der Waals surface area contributed by atoms with E-state index in [1.54, 1.807) is 42.2 Å². The molecule has 1 heterocycles. The maximum atomic E-state index is 12.7. The fourth-order valence-electron chi connectivity index (χ4n) is 3.19. The summed E-state index contributed by atoms with van der Waals surface area (Å²) in [5, 5.41) is 0.439. The van der Waals surface area contributed by atoms with E-state index in [0.717, 1.165) is 5.56 Å². The van der Waals surface area contributed by atoms with Crippen LogP contribution in [0.5, 0.6) is 5.75 Å². The topological polar surface area (TPSA) is 49.9 Å². The molecule has 26 heavy (non-hydrogen) atoms. The van der Waals surface area contributed by atoms with Gasteiger partial charge in [-0.25, -0.2) is 0 Å². The Hall–Kier alpha value is -2.53. The molecule has 0 spiro atoms. The zero-order valence-corrected chi connectivity index (χ0v) is 15.6. The average molecular weight is 373 g/mol. The molecule has 1 aliphatic rings. The van der Waals surface area contributed by atoms with Crippen molar-refractivity contribution in [2.24, 2.45) is 5.92 Å². The van der Waals surface area contributed by atoms with Gasteiger partial charge in [0.15, 0.2) is 0 Å². The van der Waals surface area contributed by atoms with Crippen LogP contribution in [0.1, 0.15) is 12.0 Å². The first-order valence-corrected chi connectivity index (χ1v) is 8.80. The summed E-state index contributed by atoms with van der Waals surface area (Å²) in [6.07, 6.45) is 0.210. The van der Waals surface area contributed by atoms with Gasteiger partial charge in [-0.05, 0) is 23.8 Å². The Kier molecular flexibility index (Phi) is 5.47. The quantitative estimate of drug-likeness (QED) is 0.808. The van der Waals surface area contributed by atoms with Crippen molar-refractivity contribution in [1.29, 1.82) is 0 Å². The number of benzene rings is 2. The number of ether oxygens (including phenoxy) is 1. The SMILES string of the molecule is COc1ccc(N2CC(C(=O)N(C)Cc3ccccc3)CC2=O)cc1Cl. The van der Waals surface area contributed by atoms with Crippen LogP contribution in [0.3, 0.4) is 0 Å². The van der Waals surface area contributed by atoms with Gasteiger partial charge in [0.1, 0.15) is 5.75 Å². The number of halogens is 1. The fraction of sp³-hybridized carbons (Fsp3) is 0.300. The minimum atomic E-state index is -0.350. The molecule has 0 bridgehead atoms. The van der Waals surface area contributed by atoms with Gasteiger partial charge in [0, 0.05) is 32.2 Å². The van der Waals surface area contributed by atoms with Crippen molar-refractivity contribution in [1.82, 2.24) is 4.90 Å². The van der Waals surface area contributed by atoms with Gasteiger partial charge in [-0.1, -0.05) is 41.9 Å². The number of hydrogen-bond acceptors (Lipinski definition) is 3. The van der Waals surface area contributed by atoms with Gasteiger partial charge in [0.2, 0.25) is 11.8 Å². The van der Waals surface area contributed by atoms with Gasteiger partial charge >= 0.3 is 0 Å². The maximum Gasteiger partial charge on any atom is 0.228 e. The van der Waals surface area contributed by atoms with E-state index in [1.165, 1.54) is 0 Å². The molecule has 5 nitrogen and oxygen atoms in total. The number of carbonyl (C=O) groups is 2. The second-order valence-electron chi connectivity index (χ2n) is 6.40. The summed E-state index contributed by atoms with van der Waals surface area (Å²) in [6.45, 7) is 0.887. The van der Waals surface area contributed by atoms with Crippen LogP contribution < -0.4 is 9.64 Å². The normalized spacial score (nSPS) is 16.7. The lowest BCUT2D eigenvalue weighted by molar-refractivity contribution is -0.135. The zero-order chi connectivity index (χ0) is 18.7. The average Bonchev–Trinajstić information content (AvgIpc) is 3.03. The van der Waals surface area contributed by atoms with Crippen molar-refractivity contribution < 1.29 is 14.3 Å². The molecule has 0 saturated carbocycles. The van der Waals surface area contributed by atoms with E-state index in [0.29, 0.717) is 29.5 Å². The summed E-state index contributed by atoms with van der Waals surface area (Å²) in [6, 6.07) is 15.0. The molecule has 2 aromatic carbocycles. The second-order valence-corrected chi connectivity index (χ2v) is 6.81. The van der Waals surface area contributed by atoms with Gasteiger partial charge in [0.05, 0.1) is 18.1 Å². The Labute approximate surface area is 158 Å². The number of methoxy groups -OCH3 is 1. The van der Waals surface area contributed by atoms with E-state index >= 15 is 0 Å². The van der Waals surface area contributed by atoms with Crippen LogP contribution in [-0.4, -0.2) is 37.4 Å². The first-order valence-electron chi connectivity index (χ1n) is 8.42. The van der Waals surface area contributed by atoms with Crippen LogP contribution in [0.2, 0.25) is 5.02 Å². The molecule has 1 atom stereocenters. The minimum absolute atomic E-state index is 0.0238. The summed E-state index contributed by atoms with van der Waals surface area (Å²) < 4.78 is 5.14. The first kappa shape index (κ1) is 18.3. The lowest BCUT2D eigenvalue weighted by atomic mass is 10.1. The number of amides is 2. The summed E-state index contributed by atoms with van der Waals surface area (Å²) in [4.78, 5) is 28.5. The van der Waals surface area contributed by atoms with Crippen molar-refractivity contribution in [3.8, 4) is 5.75 Å². The lowest BCUT2D eigenvalue weighted by Gasteiger charge is -2.22. The molecular formula is C20H21ClN2O3. The van der Waals surface area contributed by atoms with Gasteiger partial charge < -0.3 is 14.5 Å². The van der Waals surface area contributed by atoms with Crippen LogP contribution in [-0.2, 0) is 16.1 Å². The van der Waals surface area contributed by atoms with Gasteiger partial charge in [-0.3, -0.25) is 9.59 Å². The third kappa shape index (κ3) is 3.83. The first-order chi connectivity index (χ1) is 12.5. The van der Waals surface area contributed by atoms with E-state index in [4.69, 9.17) is 16.3 Å². The molecule has 1 aliphatic heterocycles. The van der Waals surface area contributed by atoms with Crippen LogP contribution in [0.15, 0.2) is 48.5 Å². The highest BCUT2D eigenvalue weighted by Crippen LogP contribution is 2.32. The number of anilines is 1.